The minimum absolute atomic E-state index is 0.158. The third-order valence-corrected chi connectivity index (χ3v) is 4.26. The molecule has 0 radical (unpaired) electrons. The van der Waals surface area contributed by atoms with Crippen molar-refractivity contribution in [2.75, 3.05) is 23.4 Å². The summed E-state index contributed by atoms with van der Waals surface area (Å²) in [5.74, 6) is 0.158. The molecular formula is C17H22N4O. The van der Waals surface area contributed by atoms with E-state index in [2.05, 4.69) is 30.0 Å². The van der Waals surface area contributed by atoms with Crippen molar-refractivity contribution in [1.82, 2.24) is 9.78 Å². The number of carbonyl (C=O) groups excluding carboxylic acids is 1. The predicted molar refractivity (Wildman–Crippen MR) is 88.1 cm³/mol. The third-order valence-electron chi connectivity index (χ3n) is 4.26. The van der Waals surface area contributed by atoms with E-state index < -0.39 is 0 Å². The lowest BCUT2D eigenvalue weighted by atomic mass is 10.1. The predicted octanol–water partition coefficient (Wildman–Crippen LogP) is 2.53. The minimum Gasteiger partial charge on any atom is -0.373 e. The van der Waals surface area contributed by atoms with Crippen molar-refractivity contribution in [3.63, 3.8) is 0 Å². The molecule has 1 aliphatic heterocycles. The highest BCUT2D eigenvalue weighted by atomic mass is 16.2. The Labute approximate surface area is 131 Å². The molecular weight excluding hydrogens is 276 g/mol. The maximum Gasteiger partial charge on any atom is 0.229 e. The van der Waals surface area contributed by atoms with Crippen molar-refractivity contribution in [2.24, 2.45) is 0 Å². The molecule has 5 nitrogen and oxygen atoms in total. The van der Waals surface area contributed by atoms with E-state index >= 15 is 0 Å². The fourth-order valence-corrected chi connectivity index (χ4v) is 3.00. The van der Waals surface area contributed by atoms with Gasteiger partial charge in [0.15, 0.2) is 0 Å². The number of amides is 1. The molecule has 116 valence electrons. The van der Waals surface area contributed by atoms with Crippen LogP contribution in [0.25, 0.3) is 0 Å². The summed E-state index contributed by atoms with van der Waals surface area (Å²) in [5, 5.41) is 4.16. The highest BCUT2D eigenvalue weighted by molar-refractivity contribution is 5.97. The van der Waals surface area contributed by atoms with Gasteiger partial charge in [-0.05, 0) is 31.5 Å². The molecule has 1 aromatic carbocycles. The highest BCUT2D eigenvalue weighted by Crippen LogP contribution is 2.34. The van der Waals surface area contributed by atoms with Gasteiger partial charge in [-0.15, -0.1) is 0 Å². The molecule has 2 heterocycles. The average Bonchev–Trinajstić information content (AvgIpc) is 3.00. The quantitative estimate of drug-likeness (QED) is 0.874. The Morgan fingerprint density at radius 3 is 2.77 bits per heavy atom. The van der Waals surface area contributed by atoms with Crippen LogP contribution in [0.3, 0.4) is 0 Å². The fraction of sp³-hybridized carbons (Fsp3) is 0.412. The summed E-state index contributed by atoms with van der Waals surface area (Å²) in [5.41, 5.74) is 2.14. The fourth-order valence-electron chi connectivity index (χ4n) is 3.00. The molecule has 5 heteroatoms. The number of fused-ring (bicyclic) bond motifs is 1. The molecule has 1 aliphatic rings. The van der Waals surface area contributed by atoms with E-state index in [0.29, 0.717) is 13.0 Å². The van der Waals surface area contributed by atoms with Crippen LogP contribution in [0.15, 0.2) is 42.7 Å². The lowest BCUT2D eigenvalue weighted by molar-refractivity contribution is -0.119. The van der Waals surface area contributed by atoms with Crippen LogP contribution < -0.4 is 9.80 Å². The van der Waals surface area contributed by atoms with Crippen LogP contribution in [0.5, 0.6) is 0 Å². The number of hydrogen-bond donors (Lipinski definition) is 0. The largest absolute Gasteiger partial charge is 0.373 e. The molecule has 0 aliphatic carbocycles. The summed E-state index contributed by atoms with van der Waals surface area (Å²) in [7, 11) is 2.09. The SMILES string of the molecule is CC1CCN(C)c2ccccc2N1C(=O)CCn1cccn1. The normalized spacial score (nSPS) is 18.0. The molecule has 1 amide bonds. The Morgan fingerprint density at radius 1 is 1.27 bits per heavy atom. The van der Waals surface area contributed by atoms with Gasteiger partial charge in [-0.3, -0.25) is 9.48 Å². The van der Waals surface area contributed by atoms with Crippen molar-refractivity contribution in [2.45, 2.75) is 32.4 Å². The van der Waals surface area contributed by atoms with Gasteiger partial charge in [0, 0.05) is 45.0 Å². The second-order valence-corrected chi connectivity index (χ2v) is 5.83. The maximum absolute atomic E-state index is 12.8. The molecule has 3 rings (SSSR count). The maximum atomic E-state index is 12.8. The number of para-hydroxylation sites is 2. The van der Waals surface area contributed by atoms with Crippen LogP contribution in [0.2, 0.25) is 0 Å². The first-order valence-electron chi connectivity index (χ1n) is 7.76. The zero-order valence-corrected chi connectivity index (χ0v) is 13.1. The number of hydrogen-bond acceptors (Lipinski definition) is 3. The molecule has 0 saturated carbocycles. The first-order chi connectivity index (χ1) is 10.7. The van der Waals surface area contributed by atoms with Crippen molar-refractivity contribution >= 4 is 17.3 Å². The van der Waals surface area contributed by atoms with Crippen LogP contribution in [0.4, 0.5) is 11.4 Å². The van der Waals surface area contributed by atoms with E-state index in [-0.39, 0.29) is 11.9 Å². The second kappa shape index (κ2) is 6.22. The zero-order valence-electron chi connectivity index (χ0n) is 13.1. The van der Waals surface area contributed by atoms with E-state index in [1.54, 1.807) is 10.9 Å². The van der Waals surface area contributed by atoms with Gasteiger partial charge in [0.25, 0.3) is 0 Å². The van der Waals surface area contributed by atoms with Gasteiger partial charge in [0.2, 0.25) is 5.91 Å². The number of aromatic nitrogens is 2. The van der Waals surface area contributed by atoms with Gasteiger partial charge in [0.1, 0.15) is 0 Å². The summed E-state index contributed by atoms with van der Waals surface area (Å²) in [4.78, 5) is 17.0. The summed E-state index contributed by atoms with van der Waals surface area (Å²) in [6.45, 7) is 3.70. The first-order valence-corrected chi connectivity index (χ1v) is 7.76. The summed E-state index contributed by atoms with van der Waals surface area (Å²) in [6.07, 6.45) is 5.06. The van der Waals surface area contributed by atoms with E-state index in [4.69, 9.17) is 0 Å². The van der Waals surface area contributed by atoms with Crippen LogP contribution in [0, 0.1) is 0 Å². The molecule has 1 atom stereocenters. The molecule has 0 bridgehead atoms. The number of carbonyl (C=O) groups is 1. The summed E-state index contributed by atoms with van der Waals surface area (Å²) < 4.78 is 1.80. The van der Waals surface area contributed by atoms with Crippen LogP contribution >= 0.6 is 0 Å². The molecule has 1 unspecified atom stereocenters. The van der Waals surface area contributed by atoms with Crippen molar-refractivity contribution in [3.05, 3.63) is 42.7 Å². The van der Waals surface area contributed by atoms with E-state index in [1.807, 2.05) is 35.4 Å². The van der Waals surface area contributed by atoms with E-state index in [0.717, 1.165) is 24.3 Å². The Bertz CT molecular complexity index is 638. The van der Waals surface area contributed by atoms with Gasteiger partial charge < -0.3 is 9.80 Å². The number of rotatable bonds is 3. The topological polar surface area (TPSA) is 41.4 Å². The Kier molecular flexibility index (Phi) is 4.13. The lowest BCUT2D eigenvalue weighted by Crippen LogP contribution is -2.39. The van der Waals surface area contributed by atoms with Gasteiger partial charge in [0.05, 0.1) is 11.4 Å². The van der Waals surface area contributed by atoms with Gasteiger partial charge in [-0.2, -0.15) is 5.10 Å². The average molecular weight is 298 g/mol. The molecule has 0 fully saturated rings. The Hall–Kier alpha value is -2.30. The number of nitrogens with zero attached hydrogens (tertiary/aromatic N) is 4. The molecule has 22 heavy (non-hydrogen) atoms. The molecule has 2 aromatic rings. The molecule has 0 saturated heterocycles. The zero-order chi connectivity index (χ0) is 15.5. The number of aryl methyl sites for hydroxylation is 1. The second-order valence-electron chi connectivity index (χ2n) is 5.83. The van der Waals surface area contributed by atoms with Crippen LogP contribution in [-0.4, -0.2) is 35.3 Å². The van der Waals surface area contributed by atoms with Crippen LogP contribution in [-0.2, 0) is 11.3 Å². The Morgan fingerprint density at radius 2 is 2.05 bits per heavy atom. The van der Waals surface area contributed by atoms with Gasteiger partial charge in [-0.25, -0.2) is 0 Å². The van der Waals surface area contributed by atoms with Gasteiger partial charge >= 0.3 is 0 Å². The lowest BCUT2D eigenvalue weighted by Gasteiger charge is -2.28. The molecule has 1 aromatic heterocycles. The number of anilines is 2. The van der Waals surface area contributed by atoms with Gasteiger partial charge in [-0.1, -0.05) is 12.1 Å². The molecule has 0 N–H and O–H groups in total. The van der Waals surface area contributed by atoms with E-state index in [1.165, 1.54) is 0 Å². The monoisotopic (exact) mass is 298 g/mol. The van der Waals surface area contributed by atoms with Crippen molar-refractivity contribution in [3.8, 4) is 0 Å². The standard InChI is InChI=1S/C17H22N4O/c1-14-8-12-19(2)15-6-3-4-7-16(15)21(14)17(22)9-13-20-11-5-10-18-20/h3-7,10-11,14H,8-9,12-13H2,1-2H3. The highest BCUT2D eigenvalue weighted by Gasteiger charge is 2.27. The summed E-state index contributed by atoms with van der Waals surface area (Å²) >= 11 is 0. The van der Waals surface area contributed by atoms with Crippen molar-refractivity contribution in [1.29, 1.82) is 0 Å². The smallest absolute Gasteiger partial charge is 0.229 e. The first kappa shape index (κ1) is 14.6. The summed E-state index contributed by atoms with van der Waals surface area (Å²) in [6, 6.07) is 10.2. The Balaban J connectivity index is 1.83. The van der Waals surface area contributed by atoms with E-state index in [9.17, 15) is 4.79 Å². The molecule has 0 spiro atoms. The van der Waals surface area contributed by atoms with Crippen molar-refractivity contribution < 1.29 is 4.79 Å². The van der Waals surface area contributed by atoms with Crippen LogP contribution in [0.1, 0.15) is 19.8 Å². The third kappa shape index (κ3) is 2.84. The minimum atomic E-state index is 0.158. The number of benzene rings is 1.